The fourth-order valence-corrected chi connectivity index (χ4v) is 3.33. The standard InChI is InChI=1S/C10H14BrNS/c1-8-2-4-12(6-8)7-10-9(11)3-5-13-10/h3,5,8H,2,4,6-7H2,1H3. The Bertz CT molecular complexity index is 284. The van der Waals surface area contributed by atoms with Crippen LogP contribution in [0.1, 0.15) is 18.2 Å². The van der Waals surface area contributed by atoms with Crippen LogP contribution >= 0.6 is 27.3 Å². The summed E-state index contributed by atoms with van der Waals surface area (Å²) >= 11 is 5.42. The molecule has 1 aliphatic heterocycles. The molecule has 3 heteroatoms. The average molecular weight is 260 g/mol. The Kier molecular flexibility index (Phi) is 3.06. The highest BCUT2D eigenvalue weighted by atomic mass is 79.9. The van der Waals surface area contributed by atoms with Crippen molar-refractivity contribution in [3.05, 3.63) is 20.8 Å². The van der Waals surface area contributed by atoms with Crippen molar-refractivity contribution < 1.29 is 0 Å². The van der Waals surface area contributed by atoms with Gasteiger partial charge in [0.1, 0.15) is 0 Å². The highest BCUT2D eigenvalue weighted by Crippen LogP contribution is 2.26. The topological polar surface area (TPSA) is 3.24 Å². The van der Waals surface area contributed by atoms with Crippen molar-refractivity contribution in [1.82, 2.24) is 4.90 Å². The van der Waals surface area contributed by atoms with E-state index in [1.165, 1.54) is 28.9 Å². The lowest BCUT2D eigenvalue weighted by Crippen LogP contribution is -2.19. The lowest BCUT2D eigenvalue weighted by molar-refractivity contribution is 0.322. The van der Waals surface area contributed by atoms with Crippen LogP contribution in [-0.2, 0) is 6.54 Å². The molecule has 0 aliphatic carbocycles. The molecular formula is C10H14BrNS. The minimum atomic E-state index is 0.888. The summed E-state index contributed by atoms with van der Waals surface area (Å²) < 4.78 is 1.28. The summed E-state index contributed by atoms with van der Waals surface area (Å²) in [4.78, 5) is 4.01. The minimum absolute atomic E-state index is 0.888. The molecule has 2 heterocycles. The molecule has 0 saturated carbocycles. The zero-order valence-corrected chi connectivity index (χ0v) is 10.2. The van der Waals surface area contributed by atoms with Gasteiger partial charge in [-0.05, 0) is 46.3 Å². The maximum absolute atomic E-state index is 3.57. The maximum Gasteiger partial charge on any atom is 0.0339 e. The quantitative estimate of drug-likeness (QED) is 0.788. The molecule has 1 aromatic rings. The Morgan fingerprint density at radius 2 is 2.54 bits per heavy atom. The molecule has 1 nitrogen and oxygen atoms in total. The number of hydrogen-bond donors (Lipinski definition) is 0. The third kappa shape index (κ3) is 2.33. The van der Waals surface area contributed by atoms with Crippen LogP contribution in [0, 0.1) is 5.92 Å². The lowest BCUT2D eigenvalue weighted by atomic mass is 10.2. The van der Waals surface area contributed by atoms with Gasteiger partial charge in [0.15, 0.2) is 0 Å². The van der Waals surface area contributed by atoms with Gasteiger partial charge in [-0.2, -0.15) is 0 Å². The monoisotopic (exact) mass is 259 g/mol. The Hall–Kier alpha value is 0.140. The Labute approximate surface area is 91.9 Å². The molecule has 13 heavy (non-hydrogen) atoms. The molecule has 72 valence electrons. The summed E-state index contributed by atoms with van der Waals surface area (Å²) in [5, 5.41) is 2.15. The molecule has 0 radical (unpaired) electrons. The van der Waals surface area contributed by atoms with Gasteiger partial charge in [0.25, 0.3) is 0 Å². The van der Waals surface area contributed by atoms with Crippen molar-refractivity contribution in [3.63, 3.8) is 0 Å². The molecule has 1 atom stereocenters. The Morgan fingerprint density at radius 1 is 1.69 bits per heavy atom. The second-order valence-electron chi connectivity index (χ2n) is 3.82. The van der Waals surface area contributed by atoms with E-state index < -0.39 is 0 Å². The van der Waals surface area contributed by atoms with E-state index in [4.69, 9.17) is 0 Å². The Morgan fingerprint density at radius 3 is 3.08 bits per heavy atom. The molecule has 1 unspecified atom stereocenters. The molecule has 0 amide bonds. The average Bonchev–Trinajstić information content (AvgIpc) is 2.64. The van der Waals surface area contributed by atoms with E-state index in [-0.39, 0.29) is 0 Å². The highest BCUT2D eigenvalue weighted by Gasteiger charge is 2.19. The van der Waals surface area contributed by atoms with Crippen molar-refractivity contribution in [2.24, 2.45) is 5.92 Å². The van der Waals surface area contributed by atoms with Gasteiger partial charge in [0, 0.05) is 22.4 Å². The first kappa shape index (κ1) is 9.69. The zero-order valence-electron chi connectivity index (χ0n) is 7.79. The fraction of sp³-hybridized carbons (Fsp3) is 0.600. The van der Waals surface area contributed by atoms with E-state index in [9.17, 15) is 0 Å². The van der Waals surface area contributed by atoms with E-state index in [1.807, 2.05) is 11.3 Å². The molecule has 1 aromatic heterocycles. The van der Waals surface area contributed by atoms with Crippen molar-refractivity contribution in [1.29, 1.82) is 0 Å². The smallest absolute Gasteiger partial charge is 0.0339 e. The SMILES string of the molecule is CC1CCN(Cc2sccc2Br)C1. The van der Waals surface area contributed by atoms with Crippen LogP contribution in [0.2, 0.25) is 0 Å². The Balaban J connectivity index is 1.95. The van der Waals surface area contributed by atoms with Crippen molar-refractivity contribution in [2.45, 2.75) is 19.9 Å². The van der Waals surface area contributed by atoms with E-state index in [0.29, 0.717) is 0 Å². The van der Waals surface area contributed by atoms with Crippen LogP contribution in [0.15, 0.2) is 15.9 Å². The van der Waals surface area contributed by atoms with Crippen LogP contribution in [0.5, 0.6) is 0 Å². The van der Waals surface area contributed by atoms with Gasteiger partial charge in [-0.3, -0.25) is 4.90 Å². The summed E-state index contributed by atoms with van der Waals surface area (Å²) in [7, 11) is 0. The molecule has 1 aliphatic rings. The van der Waals surface area contributed by atoms with Crippen LogP contribution in [0.4, 0.5) is 0 Å². The predicted molar refractivity (Wildman–Crippen MR) is 61.1 cm³/mol. The molecule has 0 aromatic carbocycles. The normalized spacial score (nSPS) is 24.0. The second kappa shape index (κ2) is 4.11. The third-order valence-electron chi connectivity index (χ3n) is 2.57. The van der Waals surface area contributed by atoms with E-state index in [1.54, 1.807) is 0 Å². The second-order valence-corrected chi connectivity index (χ2v) is 5.68. The molecule has 0 N–H and O–H groups in total. The van der Waals surface area contributed by atoms with E-state index in [0.717, 1.165) is 12.5 Å². The van der Waals surface area contributed by atoms with Crippen LogP contribution in [-0.4, -0.2) is 18.0 Å². The number of nitrogens with zero attached hydrogens (tertiary/aromatic N) is 1. The predicted octanol–water partition coefficient (Wildman–Crippen LogP) is 3.35. The summed E-state index contributed by atoms with van der Waals surface area (Å²) in [6.07, 6.45) is 1.36. The summed E-state index contributed by atoms with van der Waals surface area (Å²) in [5.74, 6) is 0.888. The molecule has 0 spiro atoms. The zero-order chi connectivity index (χ0) is 9.26. The van der Waals surface area contributed by atoms with E-state index in [2.05, 4.69) is 39.2 Å². The van der Waals surface area contributed by atoms with Crippen LogP contribution < -0.4 is 0 Å². The van der Waals surface area contributed by atoms with Crippen molar-refractivity contribution in [3.8, 4) is 0 Å². The molecule has 2 rings (SSSR count). The van der Waals surface area contributed by atoms with Gasteiger partial charge in [-0.15, -0.1) is 11.3 Å². The van der Waals surface area contributed by atoms with Gasteiger partial charge in [-0.1, -0.05) is 6.92 Å². The van der Waals surface area contributed by atoms with Gasteiger partial charge < -0.3 is 0 Å². The first-order valence-corrected chi connectivity index (χ1v) is 6.37. The number of hydrogen-bond acceptors (Lipinski definition) is 2. The van der Waals surface area contributed by atoms with Crippen LogP contribution in [0.3, 0.4) is 0 Å². The summed E-state index contributed by atoms with van der Waals surface area (Å²) in [6.45, 7) is 6.00. The first-order chi connectivity index (χ1) is 6.25. The highest BCUT2D eigenvalue weighted by molar-refractivity contribution is 9.10. The number of halogens is 1. The lowest BCUT2D eigenvalue weighted by Gasteiger charge is -2.13. The van der Waals surface area contributed by atoms with Gasteiger partial charge in [0.05, 0.1) is 0 Å². The fourth-order valence-electron chi connectivity index (χ4n) is 1.81. The molecular weight excluding hydrogens is 246 g/mol. The maximum atomic E-state index is 3.57. The van der Waals surface area contributed by atoms with Crippen LogP contribution in [0.25, 0.3) is 0 Å². The molecule has 0 bridgehead atoms. The van der Waals surface area contributed by atoms with Crippen molar-refractivity contribution >= 4 is 27.3 Å². The number of likely N-dealkylation sites (tertiary alicyclic amines) is 1. The first-order valence-electron chi connectivity index (χ1n) is 4.70. The minimum Gasteiger partial charge on any atom is -0.298 e. The summed E-state index contributed by atoms with van der Waals surface area (Å²) in [5.41, 5.74) is 0. The largest absolute Gasteiger partial charge is 0.298 e. The third-order valence-corrected chi connectivity index (χ3v) is 4.48. The number of rotatable bonds is 2. The number of thiophene rings is 1. The van der Waals surface area contributed by atoms with E-state index >= 15 is 0 Å². The van der Waals surface area contributed by atoms with Gasteiger partial charge in [-0.25, -0.2) is 0 Å². The van der Waals surface area contributed by atoms with Gasteiger partial charge >= 0.3 is 0 Å². The van der Waals surface area contributed by atoms with Gasteiger partial charge in [0.2, 0.25) is 0 Å². The summed E-state index contributed by atoms with van der Waals surface area (Å²) in [6, 6.07) is 2.14. The molecule has 1 fully saturated rings. The molecule has 1 saturated heterocycles. The van der Waals surface area contributed by atoms with Crippen molar-refractivity contribution in [2.75, 3.05) is 13.1 Å².